The van der Waals surface area contributed by atoms with E-state index in [2.05, 4.69) is 23.4 Å². The van der Waals surface area contributed by atoms with Crippen LogP contribution in [0.2, 0.25) is 0 Å². The van der Waals surface area contributed by atoms with E-state index in [-0.39, 0.29) is 23.6 Å². The van der Waals surface area contributed by atoms with E-state index in [1.807, 2.05) is 0 Å². The number of alkyl halides is 3. The van der Waals surface area contributed by atoms with E-state index in [9.17, 15) is 23.2 Å². The third-order valence-corrected chi connectivity index (χ3v) is 8.52. The van der Waals surface area contributed by atoms with Crippen molar-refractivity contribution in [2.75, 3.05) is 26.3 Å². The number of carbonyl (C=O) groups is 1. The fourth-order valence-corrected chi connectivity index (χ4v) is 6.36. The van der Waals surface area contributed by atoms with Crippen molar-refractivity contribution in [2.24, 2.45) is 0 Å². The number of hydrogen-bond acceptors (Lipinski definition) is 6. The summed E-state index contributed by atoms with van der Waals surface area (Å²) in [6.45, 7) is 6.57. The number of aromatic nitrogens is 2. The second kappa shape index (κ2) is 11.2. The number of amides is 1. The summed E-state index contributed by atoms with van der Waals surface area (Å²) in [5, 5.41) is 16.8. The van der Waals surface area contributed by atoms with E-state index in [4.69, 9.17) is 4.74 Å². The smallest absolute Gasteiger partial charge is 0.379 e. The number of hydrogen-bond donors (Lipinski definition) is 1. The molecule has 1 fully saturated rings. The van der Waals surface area contributed by atoms with Gasteiger partial charge in [-0.2, -0.15) is 23.5 Å². The molecule has 7 nitrogen and oxygen atoms in total. The first-order chi connectivity index (χ1) is 19.1. The fourth-order valence-electron chi connectivity index (χ4n) is 5.32. The molecule has 11 heteroatoms. The number of benzene rings is 1. The van der Waals surface area contributed by atoms with Gasteiger partial charge in [0.15, 0.2) is 5.69 Å². The minimum Gasteiger partial charge on any atom is -0.379 e. The number of fused-ring (bicyclic) bond motifs is 1. The molecule has 2 aliphatic rings. The molecule has 1 unspecified atom stereocenters. The second-order valence-corrected chi connectivity index (χ2v) is 11.5. The van der Waals surface area contributed by atoms with Crippen LogP contribution in [0, 0.1) is 11.3 Å². The van der Waals surface area contributed by atoms with Crippen LogP contribution in [0.5, 0.6) is 0 Å². The highest BCUT2D eigenvalue weighted by molar-refractivity contribution is 7.12. The molecular formula is C29H30F3N5O2S. The largest absolute Gasteiger partial charge is 0.435 e. The highest BCUT2D eigenvalue weighted by Crippen LogP contribution is 2.44. The van der Waals surface area contributed by atoms with Crippen molar-refractivity contribution in [2.45, 2.75) is 51.0 Å². The number of aryl methyl sites for hydroxylation is 1. The van der Waals surface area contributed by atoms with Crippen LogP contribution in [0.3, 0.4) is 0 Å². The number of nitrogens with zero attached hydrogens (tertiary/aromatic N) is 4. The quantitative estimate of drug-likeness (QED) is 0.390. The van der Waals surface area contributed by atoms with Crippen molar-refractivity contribution in [1.29, 1.82) is 5.26 Å². The first-order valence-electron chi connectivity index (χ1n) is 13.2. The molecule has 2 aliphatic heterocycles. The Bertz CT molecular complexity index is 1460. The highest BCUT2D eigenvalue weighted by atomic mass is 32.1. The molecule has 1 aromatic carbocycles. The maximum Gasteiger partial charge on any atom is 0.435 e. The van der Waals surface area contributed by atoms with Gasteiger partial charge in [0.25, 0.3) is 0 Å². The first-order valence-corrected chi connectivity index (χ1v) is 14.0. The SMILES string of the molecule is CCn1cc(-c2ccccc2[C@@H]2CN(C(=O)/C=C/CNC3(C)CCOC3)Cc3sc(C#N)cc32)c(C(F)(F)F)n1. The summed E-state index contributed by atoms with van der Waals surface area (Å²) < 4.78 is 48.7. The number of ether oxygens (including phenoxy) is 1. The van der Waals surface area contributed by atoms with Gasteiger partial charge in [-0.1, -0.05) is 30.3 Å². The molecule has 2 aromatic heterocycles. The zero-order valence-electron chi connectivity index (χ0n) is 22.3. The Hall–Kier alpha value is -3.46. The van der Waals surface area contributed by atoms with Crippen LogP contribution in [-0.2, 0) is 28.8 Å². The molecule has 5 rings (SSSR count). The first kappa shape index (κ1) is 28.1. The lowest BCUT2D eigenvalue weighted by Crippen LogP contribution is -2.43. The van der Waals surface area contributed by atoms with Crippen LogP contribution in [0.15, 0.2) is 48.7 Å². The van der Waals surface area contributed by atoms with Crippen molar-refractivity contribution in [3.63, 3.8) is 0 Å². The van der Waals surface area contributed by atoms with Gasteiger partial charge in [0.05, 0.1) is 13.2 Å². The topological polar surface area (TPSA) is 83.2 Å². The van der Waals surface area contributed by atoms with Crippen LogP contribution < -0.4 is 5.32 Å². The van der Waals surface area contributed by atoms with Crippen LogP contribution in [0.25, 0.3) is 11.1 Å². The van der Waals surface area contributed by atoms with Gasteiger partial charge in [0.1, 0.15) is 10.9 Å². The number of nitriles is 1. The van der Waals surface area contributed by atoms with E-state index in [1.54, 1.807) is 48.2 Å². The lowest BCUT2D eigenvalue weighted by Gasteiger charge is -2.33. The lowest BCUT2D eigenvalue weighted by atomic mass is 9.83. The van der Waals surface area contributed by atoms with Crippen molar-refractivity contribution in [1.82, 2.24) is 20.0 Å². The van der Waals surface area contributed by atoms with Crippen molar-refractivity contribution >= 4 is 17.2 Å². The van der Waals surface area contributed by atoms with Crippen molar-refractivity contribution in [3.8, 4) is 17.2 Å². The number of carbonyl (C=O) groups excluding carboxylic acids is 1. The van der Waals surface area contributed by atoms with Crippen molar-refractivity contribution in [3.05, 3.63) is 75.3 Å². The zero-order valence-corrected chi connectivity index (χ0v) is 23.1. The van der Waals surface area contributed by atoms with Gasteiger partial charge in [-0.25, -0.2) is 0 Å². The molecule has 0 bridgehead atoms. The summed E-state index contributed by atoms with van der Waals surface area (Å²) in [6.07, 6.45) is 1.02. The Kier molecular flexibility index (Phi) is 7.86. The summed E-state index contributed by atoms with van der Waals surface area (Å²) in [6, 6.07) is 10.9. The normalized spacial score (nSPS) is 21.1. The van der Waals surface area contributed by atoms with E-state index < -0.39 is 17.8 Å². The predicted octanol–water partition coefficient (Wildman–Crippen LogP) is 5.32. The molecule has 2 atom stereocenters. The van der Waals surface area contributed by atoms with Gasteiger partial charge in [-0.3, -0.25) is 9.48 Å². The van der Waals surface area contributed by atoms with Crippen LogP contribution >= 0.6 is 11.3 Å². The molecular weight excluding hydrogens is 539 g/mol. The highest BCUT2D eigenvalue weighted by Gasteiger charge is 2.39. The fraction of sp³-hybridized carbons (Fsp3) is 0.414. The number of halogens is 3. The molecule has 0 radical (unpaired) electrons. The average Bonchev–Trinajstić information content (AvgIpc) is 3.68. The van der Waals surface area contributed by atoms with Gasteiger partial charge in [-0.15, -0.1) is 11.3 Å². The molecule has 0 spiro atoms. The second-order valence-electron chi connectivity index (χ2n) is 10.4. The summed E-state index contributed by atoms with van der Waals surface area (Å²) in [5.74, 6) is -0.598. The van der Waals surface area contributed by atoms with Gasteiger partial charge in [0.2, 0.25) is 5.91 Å². The summed E-state index contributed by atoms with van der Waals surface area (Å²) >= 11 is 1.31. The molecule has 40 heavy (non-hydrogen) atoms. The lowest BCUT2D eigenvalue weighted by molar-refractivity contribution is -0.141. The Morgan fingerprint density at radius 3 is 2.83 bits per heavy atom. The van der Waals surface area contributed by atoms with E-state index in [1.165, 1.54) is 28.3 Å². The van der Waals surface area contributed by atoms with E-state index in [0.717, 1.165) is 16.9 Å². The third kappa shape index (κ3) is 5.70. The molecule has 0 saturated carbocycles. The van der Waals surface area contributed by atoms with Gasteiger partial charge in [0, 0.05) is 60.4 Å². The molecule has 0 aliphatic carbocycles. The van der Waals surface area contributed by atoms with Gasteiger partial charge < -0.3 is 15.0 Å². The Morgan fingerprint density at radius 1 is 1.32 bits per heavy atom. The maximum absolute atomic E-state index is 14.0. The zero-order chi connectivity index (χ0) is 28.5. The van der Waals surface area contributed by atoms with Gasteiger partial charge in [-0.05, 0) is 43.0 Å². The average molecular weight is 570 g/mol. The Labute approximate surface area is 234 Å². The molecule has 3 aromatic rings. The Morgan fingerprint density at radius 2 is 2.12 bits per heavy atom. The molecule has 1 saturated heterocycles. The summed E-state index contributed by atoms with van der Waals surface area (Å²) in [7, 11) is 0. The van der Waals surface area contributed by atoms with Crippen LogP contribution in [-0.4, -0.2) is 52.4 Å². The molecule has 1 N–H and O–H groups in total. The van der Waals surface area contributed by atoms with E-state index in [0.29, 0.717) is 48.9 Å². The maximum atomic E-state index is 14.0. The number of rotatable bonds is 7. The summed E-state index contributed by atoms with van der Waals surface area (Å²) in [4.78, 5) is 16.3. The predicted molar refractivity (Wildman–Crippen MR) is 146 cm³/mol. The van der Waals surface area contributed by atoms with Gasteiger partial charge >= 0.3 is 6.18 Å². The Balaban J connectivity index is 1.47. The molecule has 1 amide bonds. The third-order valence-electron chi connectivity index (χ3n) is 7.48. The number of nitrogens with one attached hydrogen (secondary N) is 1. The van der Waals surface area contributed by atoms with Crippen LogP contribution in [0.4, 0.5) is 13.2 Å². The monoisotopic (exact) mass is 569 g/mol. The minimum absolute atomic E-state index is 0.000966. The summed E-state index contributed by atoms with van der Waals surface area (Å²) in [5.41, 5.74) is 0.884. The van der Waals surface area contributed by atoms with Crippen LogP contribution in [0.1, 0.15) is 52.8 Å². The minimum atomic E-state index is -4.63. The van der Waals surface area contributed by atoms with Crippen molar-refractivity contribution < 1.29 is 22.7 Å². The van der Waals surface area contributed by atoms with E-state index >= 15 is 0 Å². The molecule has 210 valence electrons. The standard InChI is InChI=1S/C29H30F3N5O2S/c1-3-37-16-24(27(35-37)29(30,31)32)21-8-5-4-7-20(21)23-15-36(17-25-22(23)13-19(14-33)40-25)26(38)9-6-11-34-28(2)10-12-39-18-28/h4-9,13,16,23,34H,3,10-12,15,17-18H2,1-2H3/b9-6+/t23-,28?/m0/s1. The number of thiophene rings is 1. The molecule has 4 heterocycles.